The zero-order valence-electron chi connectivity index (χ0n) is 14.0. The topological polar surface area (TPSA) is 96.6 Å². The minimum atomic E-state index is -3.63. The molecule has 134 valence electrons. The van der Waals surface area contributed by atoms with Crippen LogP contribution in [-0.4, -0.2) is 27.5 Å². The lowest BCUT2D eigenvalue weighted by atomic mass is 9.88. The predicted octanol–water partition coefficient (Wildman–Crippen LogP) is 1.62. The van der Waals surface area contributed by atoms with E-state index in [2.05, 4.69) is 39.9 Å². The molecule has 1 aliphatic carbocycles. The number of guanidine groups is 1. The molecule has 0 radical (unpaired) electrons. The molecule has 0 fully saturated rings. The number of nitrogens with zero attached hydrogens (tertiary/aromatic N) is 1. The van der Waals surface area contributed by atoms with Gasteiger partial charge in [-0.25, -0.2) is 13.6 Å². The van der Waals surface area contributed by atoms with Crippen LogP contribution in [0.1, 0.15) is 22.4 Å². The maximum Gasteiger partial charge on any atom is 0.247 e. The number of thiophene rings is 1. The van der Waals surface area contributed by atoms with Crippen LogP contribution in [0.2, 0.25) is 0 Å². The van der Waals surface area contributed by atoms with E-state index in [1.54, 1.807) is 13.1 Å². The van der Waals surface area contributed by atoms with Crippen molar-refractivity contribution in [2.24, 2.45) is 10.1 Å². The Balaban J connectivity index is 1.56. The molecular weight excluding hydrogens is 356 g/mol. The molecule has 1 unspecified atom stereocenters. The minimum Gasteiger partial charge on any atom is -0.353 e. The summed E-state index contributed by atoms with van der Waals surface area (Å²) >= 11 is 1.17. The van der Waals surface area contributed by atoms with E-state index >= 15 is 0 Å². The highest BCUT2D eigenvalue weighted by Gasteiger charge is 2.19. The van der Waals surface area contributed by atoms with Crippen molar-refractivity contribution in [3.05, 3.63) is 52.4 Å². The number of benzene rings is 1. The number of sulfonamides is 1. The number of nitrogens with one attached hydrogen (secondary N) is 2. The Bertz CT molecular complexity index is 874. The lowest BCUT2D eigenvalue weighted by Crippen LogP contribution is -2.45. The minimum absolute atomic E-state index is 0.177. The lowest BCUT2D eigenvalue weighted by Gasteiger charge is -2.27. The van der Waals surface area contributed by atoms with Crippen molar-refractivity contribution in [3.63, 3.8) is 0 Å². The summed E-state index contributed by atoms with van der Waals surface area (Å²) in [7, 11) is -1.90. The van der Waals surface area contributed by atoms with Crippen molar-refractivity contribution in [3.8, 4) is 0 Å². The van der Waals surface area contributed by atoms with E-state index in [1.165, 1.54) is 28.5 Å². The molecule has 6 nitrogen and oxygen atoms in total. The van der Waals surface area contributed by atoms with Crippen LogP contribution in [-0.2, 0) is 29.4 Å². The summed E-state index contributed by atoms with van der Waals surface area (Å²) in [6.07, 6.45) is 3.10. The molecule has 0 bridgehead atoms. The summed E-state index contributed by atoms with van der Waals surface area (Å²) in [5.41, 5.74) is 2.82. The average molecular weight is 379 g/mol. The molecule has 1 aromatic carbocycles. The third kappa shape index (κ3) is 4.59. The van der Waals surface area contributed by atoms with Gasteiger partial charge in [0, 0.05) is 18.0 Å². The second-order valence-corrected chi connectivity index (χ2v) is 9.00. The number of nitrogens with two attached hydrogens (primary N) is 1. The predicted molar refractivity (Wildman–Crippen MR) is 101 cm³/mol. The monoisotopic (exact) mass is 378 g/mol. The molecule has 0 amide bonds. The van der Waals surface area contributed by atoms with Crippen molar-refractivity contribution in [2.45, 2.75) is 36.1 Å². The molecule has 1 aliphatic rings. The molecule has 25 heavy (non-hydrogen) atoms. The number of aryl methyl sites for hydroxylation is 1. The fourth-order valence-corrected chi connectivity index (χ4v) is 4.70. The normalized spacial score (nSPS) is 17.8. The second-order valence-electron chi connectivity index (χ2n) is 6.04. The van der Waals surface area contributed by atoms with Gasteiger partial charge in [0.2, 0.25) is 10.0 Å². The number of aliphatic imine (C=N–C) groups is 1. The Labute approximate surface area is 152 Å². The van der Waals surface area contributed by atoms with Crippen LogP contribution in [0.5, 0.6) is 0 Å². The van der Waals surface area contributed by atoms with Crippen molar-refractivity contribution in [1.82, 2.24) is 10.6 Å². The van der Waals surface area contributed by atoms with Gasteiger partial charge in [-0.2, -0.15) is 0 Å². The van der Waals surface area contributed by atoms with Gasteiger partial charge in [-0.05, 0) is 42.5 Å². The summed E-state index contributed by atoms with van der Waals surface area (Å²) < 4.78 is 22.8. The van der Waals surface area contributed by atoms with Crippen molar-refractivity contribution < 1.29 is 8.42 Å². The van der Waals surface area contributed by atoms with Crippen LogP contribution in [0.15, 0.2) is 45.6 Å². The maximum absolute atomic E-state index is 11.3. The molecule has 0 aliphatic heterocycles. The Morgan fingerprint density at radius 2 is 2.04 bits per heavy atom. The highest BCUT2D eigenvalue weighted by Crippen LogP contribution is 2.21. The van der Waals surface area contributed by atoms with Crippen LogP contribution in [0.25, 0.3) is 0 Å². The summed E-state index contributed by atoms with van der Waals surface area (Å²) in [6, 6.07) is 12.2. The van der Waals surface area contributed by atoms with Crippen LogP contribution in [0.3, 0.4) is 0 Å². The Kier molecular flexibility index (Phi) is 5.41. The van der Waals surface area contributed by atoms with Crippen molar-refractivity contribution in [1.29, 1.82) is 0 Å². The van der Waals surface area contributed by atoms with Gasteiger partial charge in [-0.1, -0.05) is 24.3 Å². The Hall–Kier alpha value is -1.90. The first-order valence-electron chi connectivity index (χ1n) is 8.11. The molecule has 8 heteroatoms. The number of primary sulfonamides is 1. The van der Waals surface area contributed by atoms with Gasteiger partial charge in [-0.3, -0.25) is 4.99 Å². The molecule has 4 N–H and O–H groups in total. The smallest absolute Gasteiger partial charge is 0.247 e. The number of rotatable bonds is 4. The summed E-state index contributed by atoms with van der Waals surface area (Å²) in [5.74, 6) is 0.718. The van der Waals surface area contributed by atoms with Crippen LogP contribution in [0.4, 0.5) is 0 Å². The van der Waals surface area contributed by atoms with E-state index in [0.29, 0.717) is 12.6 Å². The molecule has 1 heterocycles. The first kappa shape index (κ1) is 17.9. The van der Waals surface area contributed by atoms with Gasteiger partial charge in [0.1, 0.15) is 4.21 Å². The first-order valence-corrected chi connectivity index (χ1v) is 10.5. The molecule has 0 saturated heterocycles. The van der Waals surface area contributed by atoms with Gasteiger partial charge < -0.3 is 10.6 Å². The second kappa shape index (κ2) is 7.55. The van der Waals surface area contributed by atoms with E-state index in [1.807, 2.05) is 0 Å². The number of hydrogen-bond donors (Lipinski definition) is 3. The SMILES string of the molecule is CN=C(NCc1ccc(S(N)(=O)=O)s1)NC1CCc2ccccc2C1. The van der Waals surface area contributed by atoms with Gasteiger partial charge in [0.25, 0.3) is 0 Å². The first-order chi connectivity index (χ1) is 12.0. The lowest BCUT2D eigenvalue weighted by molar-refractivity contribution is 0.521. The quantitative estimate of drug-likeness (QED) is 0.556. The van der Waals surface area contributed by atoms with Gasteiger partial charge in [0.15, 0.2) is 5.96 Å². The van der Waals surface area contributed by atoms with Crippen molar-refractivity contribution >= 4 is 27.3 Å². The van der Waals surface area contributed by atoms with E-state index in [-0.39, 0.29) is 4.21 Å². The molecule has 3 rings (SSSR count). The van der Waals surface area contributed by atoms with Crippen LogP contribution < -0.4 is 15.8 Å². The van der Waals surface area contributed by atoms with Crippen LogP contribution >= 0.6 is 11.3 Å². The Morgan fingerprint density at radius 1 is 1.28 bits per heavy atom. The summed E-state index contributed by atoms with van der Waals surface area (Å²) in [5, 5.41) is 11.8. The zero-order chi connectivity index (χ0) is 17.9. The molecular formula is C17H22N4O2S2. The van der Waals surface area contributed by atoms with Gasteiger partial charge in [-0.15, -0.1) is 11.3 Å². The third-order valence-electron chi connectivity index (χ3n) is 4.26. The Morgan fingerprint density at radius 3 is 2.72 bits per heavy atom. The largest absolute Gasteiger partial charge is 0.353 e. The number of hydrogen-bond acceptors (Lipinski definition) is 4. The fourth-order valence-electron chi connectivity index (χ4n) is 2.99. The molecule has 2 aromatic rings. The molecule has 1 atom stereocenters. The van der Waals surface area contributed by atoms with Gasteiger partial charge in [0.05, 0.1) is 6.54 Å². The van der Waals surface area contributed by atoms with E-state index in [0.717, 1.165) is 30.1 Å². The maximum atomic E-state index is 11.3. The summed E-state index contributed by atoms with van der Waals surface area (Å²) in [4.78, 5) is 5.15. The van der Waals surface area contributed by atoms with E-state index in [9.17, 15) is 8.42 Å². The summed E-state index contributed by atoms with van der Waals surface area (Å²) in [6.45, 7) is 0.503. The van der Waals surface area contributed by atoms with Crippen molar-refractivity contribution in [2.75, 3.05) is 7.05 Å². The fraction of sp³-hybridized carbons (Fsp3) is 0.353. The van der Waals surface area contributed by atoms with E-state index < -0.39 is 10.0 Å². The standard InChI is InChI=1S/C17H22N4O2S2/c1-19-17(20-11-15-8-9-16(24-15)25(18,22)23)21-14-7-6-12-4-2-3-5-13(12)10-14/h2-5,8-9,14H,6-7,10-11H2,1H3,(H2,18,22,23)(H2,19,20,21). The average Bonchev–Trinajstić information content (AvgIpc) is 3.08. The molecule has 1 aromatic heterocycles. The highest BCUT2D eigenvalue weighted by atomic mass is 32.2. The van der Waals surface area contributed by atoms with Gasteiger partial charge >= 0.3 is 0 Å². The molecule has 0 spiro atoms. The van der Waals surface area contributed by atoms with E-state index in [4.69, 9.17) is 5.14 Å². The van der Waals surface area contributed by atoms with Crippen LogP contribution in [0, 0.1) is 0 Å². The molecule has 0 saturated carbocycles. The highest BCUT2D eigenvalue weighted by molar-refractivity contribution is 7.91. The zero-order valence-corrected chi connectivity index (χ0v) is 15.7. The third-order valence-corrected chi connectivity index (χ3v) is 6.78. The number of fused-ring (bicyclic) bond motifs is 1.